The molecule has 0 amide bonds. The van der Waals surface area contributed by atoms with Gasteiger partial charge in [0.05, 0.1) is 0 Å². The molecule has 0 fully saturated rings. The van der Waals surface area contributed by atoms with Gasteiger partial charge in [-0.05, 0) is 11.4 Å². The molecule has 0 aliphatic heterocycles. The lowest BCUT2D eigenvalue weighted by Crippen LogP contribution is -2.20. The Hall–Kier alpha value is -0.845. The van der Waals surface area contributed by atoms with Gasteiger partial charge in [-0.25, -0.2) is 0 Å². The average molecular weight is 172 g/mol. The van der Waals surface area contributed by atoms with Crippen LogP contribution in [0.3, 0.4) is 0 Å². The van der Waals surface area contributed by atoms with Gasteiger partial charge in [-0.1, -0.05) is 0 Å². The highest BCUT2D eigenvalue weighted by Crippen LogP contribution is 2.22. The van der Waals surface area contributed by atoms with Gasteiger partial charge in [-0.2, -0.15) is 0 Å². The van der Waals surface area contributed by atoms with Crippen molar-refractivity contribution < 1.29 is 19.5 Å². The highest BCUT2D eigenvalue weighted by atomic mass is 32.1. The fourth-order valence-corrected chi connectivity index (χ4v) is 1.23. The summed E-state index contributed by atoms with van der Waals surface area (Å²) >= 11 is 1.18. The summed E-state index contributed by atoms with van der Waals surface area (Å²) < 4.78 is 4.47. The second-order valence-electron chi connectivity index (χ2n) is 1.71. The average Bonchev–Trinajstić information content (AvgIpc) is 2.34. The van der Waals surface area contributed by atoms with Crippen LogP contribution >= 0.6 is 11.3 Å². The first-order valence-electron chi connectivity index (χ1n) is 2.79. The van der Waals surface area contributed by atoms with Crippen LogP contribution in [0.15, 0.2) is 11.4 Å². The first-order chi connectivity index (χ1) is 5.24. The van der Waals surface area contributed by atoms with E-state index in [-0.39, 0.29) is 5.75 Å². The zero-order valence-electron chi connectivity index (χ0n) is 5.43. The molecule has 0 saturated carbocycles. The van der Waals surface area contributed by atoms with E-state index in [9.17, 15) is 4.79 Å². The summed E-state index contributed by atoms with van der Waals surface area (Å²) in [6.07, 6.45) is 0.600. The molecule has 11 heavy (non-hydrogen) atoms. The van der Waals surface area contributed by atoms with Crippen molar-refractivity contribution in [3.05, 3.63) is 16.3 Å². The van der Waals surface area contributed by atoms with E-state index in [2.05, 4.69) is 4.65 Å². The Kier molecular flexibility index (Phi) is 2.64. The number of carbonyl (C=O) groups excluding carboxylic acids is 1. The predicted octanol–water partition coefficient (Wildman–Crippen LogP) is -0.0911. The largest absolute Gasteiger partial charge is 0.707 e. The van der Waals surface area contributed by atoms with Gasteiger partial charge in [0.2, 0.25) is 0 Å². The SMILES string of the molecule is O=Cc1sccc1OB(O)O. The first kappa shape index (κ1) is 8.25. The van der Waals surface area contributed by atoms with Crippen molar-refractivity contribution in [2.45, 2.75) is 0 Å². The summed E-state index contributed by atoms with van der Waals surface area (Å²) in [6.45, 7) is 0. The minimum Gasteiger partial charge on any atom is -0.511 e. The Labute approximate surface area is 67.2 Å². The second-order valence-corrected chi connectivity index (χ2v) is 2.66. The molecule has 1 heterocycles. The van der Waals surface area contributed by atoms with E-state index in [4.69, 9.17) is 10.0 Å². The second kappa shape index (κ2) is 3.52. The zero-order valence-corrected chi connectivity index (χ0v) is 6.25. The fraction of sp³-hybridized carbons (Fsp3) is 0. The molecule has 0 aromatic carbocycles. The van der Waals surface area contributed by atoms with E-state index in [1.165, 1.54) is 17.4 Å². The molecule has 1 rings (SSSR count). The summed E-state index contributed by atoms with van der Waals surface area (Å²) in [5, 5.41) is 18.4. The Morgan fingerprint density at radius 1 is 1.64 bits per heavy atom. The van der Waals surface area contributed by atoms with Gasteiger partial charge < -0.3 is 14.7 Å². The van der Waals surface area contributed by atoms with Crippen LogP contribution in [-0.4, -0.2) is 23.7 Å². The summed E-state index contributed by atoms with van der Waals surface area (Å²) in [6, 6.07) is 1.49. The van der Waals surface area contributed by atoms with Crippen LogP contribution in [0.2, 0.25) is 0 Å². The normalized spacial score (nSPS) is 9.27. The van der Waals surface area contributed by atoms with E-state index < -0.39 is 7.32 Å². The van der Waals surface area contributed by atoms with E-state index in [1.807, 2.05) is 0 Å². The Morgan fingerprint density at radius 2 is 2.36 bits per heavy atom. The minimum atomic E-state index is -1.87. The summed E-state index contributed by atoms with van der Waals surface area (Å²) in [7, 11) is -1.87. The molecule has 1 aromatic rings. The van der Waals surface area contributed by atoms with Crippen LogP contribution in [0.4, 0.5) is 0 Å². The molecule has 0 aliphatic carbocycles. The lowest BCUT2D eigenvalue weighted by atomic mass is 10.2. The fourth-order valence-electron chi connectivity index (χ4n) is 0.606. The van der Waals surface area contributed by atoms with Gasteiger partial charge in [0.25, 0.3) is 0 Å². The molecule has 1 aromatic heterocycles. The zero-order chi connectivity index (χ0) is 8.27. The molecule has 2 N–H and O–H groups in total. The maximum absolute atomic E-state index is 10.2. The highest BCUT2D eigenvalue weighted by molar-refractivity contribution is 7.12. The lowest BCUT2D eigenvalue weighted by molar-refractivity contribution is 0.112. The number of hydrogen-bond donors (Lipinski definition) is 2. The molecule has 0 atom stereocenters. The van der Waals surface area contributed by atoms with Gasteiger partial charge in [0, 0.05) is 0 Å². The molecule has 0 aliphatic rings. The molecule has 0 unspecified atom stereocenters. The molecule has 0 radical (unpaired) electrons. The topological polar surface area (TPSA) is 66.8 Å². The summed E-state index contributed by atoms with van der Waals surface area (Å²) in [5.74, 6) is 0.194. The predicted molar refractivity (Wildman–Crippen MR) is 40.5 cm³/mol. The first-order valence-corrected chi connectivity index (χ1v) is 3.67. The standard InChI is InChI=1S/C5H5BO4S/c7-3-5-4(1-2-11-5)10-6(8)9/h1-3,8-9H. The van der Waals surface area contributed by atoms with Crippen LogP contribution in [-0.2, 0) is 0 Å². The van der Waals surface area contributed by atoms with E-state index >= 15 is 0 Å². The molecule has 0 bridgehead atoms. The van der Waals surface area contributed by atoms with Gasteiger partial charge in [-0.15, -0.1) is 11.3 Å². The van der Waals surface area contributed by atoms with Crippen molar-refractivity contribution in [2.24, 2.45) is 0 Å². The molecule has 0 spiro atoms. The third-order valence-electron chi connectivity index (χ3n) is 0.997. The quantitative estimate of drug-likeness (QED) is 0.493. The van der Waals surface area contributed by atoms with Crippen molar-refractivity contribution in [1.82, 2.24) is 0 Å². The van der Waals surface area contributed by atoms with E-state index in [1.54, 1.807) is 5.38 Å². The van der Waals surface area contributed by atoms with Crippen molar-refractivity contribution in [1.29, 1.82) is 0 Å². The van der Waals surface area contributed by atoms with Crippen LogP contribution < -0.4 is 4.65 Å². The van der Waals surface area contributed by atoms with Crippen molar-refractivity contribution in [3.8, 4) is 5.75 Å². The maximum Gasteiger partial charge on any atom is 0.707 e. The lowest BCUT2D eigenvalue weighted by Gasteiger charge is -2.00. The molecular formula is C5H5BO4S. The van der Waals surface area contributed by atoms with Gasteiger partial charge in [-0.3, -0.25) is 4.79 Å². The number of thiophene rings is 1. The number of carbonyl (C=O) groups is 1. The number of rotatable bonds is 3. The Morgan fingerprint density at radius 3 is 2.91 bits per heavy atom. The van der Waals surface area contributed by atoms with Gasteiger partial charge in [0.1, 0.15) is 10.6 Å². The van der Waals surface area contributed by atoms with Crippen LogP contribution in [0.1, 0.15) is 9.67 Å². The summed E-state index contributed by atoms with van der Waals surface area (Å²) in [5.41, 5.74) is 0. The maximum atomic E-state index is 10.2. The van der Waals surface area contributed by atoms with Crippen molar-refractivity contribution in [2.75, 3.05) is 0 Å². The van der Waals surface area contributed by atoms with Crippen LogP contribution in [0.5, 0.6) is 5.75 Å². The Balaban J connectivity index is 2.76. The highest BCUT2D eigenvalue weighted by Gasteiger charge is 2.14. The van der Waals surface area contributed by atoms with Crippen LogP contribution in [0, 0.1) is 0 Å². The van der Waals surface area contributed by atoms with E-state index in [0.29, 0.717) is 11.2 Å². The van der Waals surface area contributed by atoms with Crippen LogP contribution in [0.25, 0.3) is 0 Å². The molecule has 6 heteroatoms. The third-order valence-corrected chi connectivity index (χ3v) is 1.82. The summed E-state index contributed by atoms with van der Waals surface area (Å²) in [4.78, 5) is 10.6. The Bertz CT molecular complexity index is 246. The monoisotopic (exact) mass is 172 g/mol. The smallest absolute Gasteiger partial charge is 0.511 e. The number of aldehydes is 1. The van der Waals surface area contributed by atoms with E-state index in [0.717, 1.165) is 0 Å². The van der Waals surface area contributed by atoms with Crippen molar-refractivity contribution >= 4 is 24.9 Å². The van der Waals surface area contributed by atoms with Gasteiger partial charge >= 0.3 is 7.32 Å². The van der Waals surface area contributed by atoms with Crippen molar-refractivity contribution in [3.63, 3.8) is 0 Å². The minimum absolute atomic E-state index is 0.194. The molecule has 4 nitrogen and oxygen atoms in total. The van der Waals surface area contributed by atoms with Gasteiger partial charge in [0.15, 0.2) is 6.29 Å². The third kappa shape index (κ3) is 2.04. The molecular weight excluding hydrogens is 167 g/mol. The molecule has 0 saturated heterocycles. The molecule has 58 valence electrons. The number of hydrogen-bond acceptors (Lipinski definition) is 5.